The number of alkyl halides is 2. The topological polar surface area (TPSA) is 80.8 Å². The lowest BCUT2D eigenvalue weighted by molar-refractivity contribution is -0.260. The molecule has 6 aliphatic rings. The smallest absolute Gasteiger partial charge is 0.345 e. The molecule has 1 aromatic heterocycles. The molecule has 4 bridgehead atoms. The zero-order valence-corrected chi connectivity index (χ0v) is 24.1. The fraction of sp³-hybridized carbons (Fsp3) is 0.767. The van der Waals surface area contributed by atoms with E-state index in [1.807, 2.05) is 12.1 Å². The van der Waals surface area contributed by atoms with Crippen LogP contribution in [0.3, 0.4) is 0 Å². The number of nitrogens with one attached hydrogen (secondary N) is 1. The molecule has 220 valence electrons. The molecular formula is C30H41F2N3O4S. The molecule has 40 heavy (non-hydrogen) atoms. The maximum absolute atomic E-state index is 13.8. The van der Waals surface area contributed by atoms with Gasteiger partial charge in [0.1, 0.15) is 10.8 Å². The molecule has 3 atom stereocenters. The van der Waals surface area contributed by atoms with Crippen LogP contribution in [0, 0.1) is 23.7 Å². The molecule has 10 heteroatoms. The van der Waals surface area contributed by atoms with Crippen molar-refractivity contribution >= 4 is 29.5 Å². The molecule has 6 fully saturated rings. The molecule has 7 nitrogen and oxygen atoms in total. The lowest BCUT2D eigenvalue weighted by Crippen LogP contribution is -2.62. The van der Waals surface area contributed by atoms with Gasteiger partial charge < -0.3 is 19.7 Å². The predicted octanol–water partition coefficient (Wildman–Crippen LogP) is 5.81. The molecule has 1 aromatic rings. The van der Waals surface area contributed by atoms with Crippen molar-refractivity contribution in [3.8, 4) is 0 Å². The van der Waals surface area contributed by atoms with Gasteiger partial charge in [-0.25, -0.2) is 4.98 Å². The Labute approximate surface area is 239 Å². The Balaban J connectivity index is 1.19. The normalized spacial score (nSPS) is 33.5. The summed E-state index contributed by atoms with van der Waals surface area (Å²) in [6.45, 7) is -1.13. The van der Waals surface area contributed by atoms with Crippen molar-refractivity contribution in [2.24, 2.45) is 23.7 Å². The maximum atomic E-state index is 13.8. The van der Waals surface area contributed by atoms with Crippen LogP contribution in [-0.4, -0.2) is 60.6 Å². The first kappa shape index (κ1) is 28.2. The Hall–Kier alpha value is -1.94. The van der Waals surface area contributed by atoms with Crippen LogP contribution in [0.5, 0.6) is 0 Å². The number of hydrogen-bond acceptors (Lipinski definition) is 7. The van der Waals surface area contributed by atoms with Crippen LogP contribution in [-0.2, 0) is 14.3 Å². The van der Waals surface area contributed by atoms with E-state index in [4.69, 9.17) is 14.5 Å². The van der Waals surface area contributed by atoms with Crippen LogP contribution in [0.1, 0.15) is 87.4 Å². The molecule has 0 aromatic carbocycles. The number of carbonyl (C=O) groups excluding carboxylic acids is 2. The minimum absolute atomic E-state index is 0.0105. The first-order valence-corrected chi connectivity index (χ1v) is 15.9. The summed E-state index contributed by atoms with van der Waals surface area (Å²) in [5, 5.41) is 4.58. The Bertz CT molecular complexity index is 1080. The number of rotatable bonds is 9. The molecule has 1 N–H and O–H groups in total. The van der Waals surface area contributed by atoms with Gasteiger partial charge in [-0.05, 0) is 93.6 Å². The molecule has 5 saturated carbocycles. The van der Waals surface area contributed by atoms with E-state index in [0.717, 1.165) is 68.9 Å². The molecule has 2 heterocycles. The van der Waals surface area contributed by atoms with Gasteiger partial charge in [0.25, 0.3) is 5.91 Å². The van der Waals surface area contributed by atoms with Crippen molar-refractivity contribution in [3.05, 3.63) is 17.7 Å². The number of hydrogen-bond donors (Lipinski definition) is 1. The third kappa shape index (κ3) is 5.98. The van der Waals surface area contributed by atoms with Crippen LogP contribution in [0.2, 0.25) is 0 Å². The minimum atomic E-state index is -2.75. The Morgan fingerprint density at radius 2 is 1.88 bits per heavy atom. The Morgan fingerprint density at radius 3 is 2.58 bits per heavy atom. The van der Waals surface area contributed by atoms with Gasteiger partial charge in [-0.2, -0.15) is 8.78 Å². The van der Waals surface area contributed by atoms with Gasteiger partial charge in [0.2, 0.25) is 0 Å². The molecule has 0 radical (unpaired) electrons. The van der Waals surface area contributed by atoms with Gasteiger partial charge in [-0.3, -0.25) is 9.59 Å². The number of esters is 1. The number of halogens is 2. The van der Waals surface area contributed by atoms with Crippen LogP contribution in [0.4, 0.5) is 14.6 Å². The molecule has 1 aliphatic heterocycles. The summed E-state index contributed by atoms with van der Waals surface area (Å²) in [6, 6.07) is 3.84. The second-order valence-corrected chi connectivity index (χ2v) is 14.1. The summed E-state index contributed by atoms with van der Waals surface area (Å²) in [5.41, 5.74) is -0.116. The van der Waals surface area contributed by atoms with Gasteiger partial charge in [0.15, 0.2) is 0 Å². The van der Waals surface area contributed by atoms with Crippen LogP contribution >= 0.6 is 11.8 Å². The summed E-state index contributed by atoms with van der Waals surface area (Å²) in [7, 11) is 1.43. The van der Waals surface area contributed by atoms with E-state index in [9.17, 15) is 18.4 Å². The standard InChI is InChI=1S/C30H41F2N3O4S/c1-38-25(36)13-18-5-4-10-35(17-18)24-9-8-23(28(33-24)40-22-6-2-3-7-22)27(37)34-26-20-11-19-12-21(26)16-30(14-19,15-20)39-29(31)32/h8-9,18-22,26,29H,2-7,10-17H2,1H3,(H,34,37)/t18-,19?,20?,21?,26-,30+/m0/s1. The van der Waals surface area contributed by atoms with Crippen molar-refractivity contribution in [2.45, 2.75) is 106 Å². The first-order chi connectivity index (χ1) is 19.3. The lowest BCUT2D eigenvalue weighted by Gasteiger charge is -2.59. The number of pyridine rings is 1. The van der Waals surface area contributed by atoms with Crippen molar-refractivity contribution < 1.29 is 27.8 Å². The van der Waals surface area contributed by atoms with Gasteiger partial charge in [-0.15, -0.1) is 11.8 Å². The fourth-order valence-electron chi connectivity index (χ4n) is 8.54. The summed E-state index contributed by atoms with van der Waals surface area (Å²) < 4.78 is 36.5. The Morgan fingerprint density at radius 1 is 1.12 bits per heavy atom. The average Bonchev–Trinajstić information content (AvgIpc) is 3.42. The largest absolute Gasteiger partial charge is 0.469 e. The highest BCUT2D eigenvalue weighted by Gasteiger charge is 2.57. The van der Waals surface area contributed by atoms with E-state index in [0.29, 0.717) is 36.0 Å². The molecule has 2 unspecified atom stereocenters. The molecular weight excluding hydrogens is 536 g/mol. The molecule has 0 spiro atoms. The highest BCUT2D eigenvalue weighted by atomic mass is 32.2. The van der Waals surface area contributed by atoms with Gasteiger partial charge in [-0.1, -0.05) is 12.8 Å². The summed E-state index contributed by atoms with van der Waals surface area (Å²) in [4.78, 5) is 33.0. The van der Waals surface area contributed by atoms with Gasteiger partial charge in [0, 0.05) is 30.8 Å². The van der Waals surface area contributed by atoms with Gasteiger partial charge in [0.05, 0.1) is 18.3 Å². The second kappa shape index (κ2) is 11.7. The summed E-state index contributed by atoms with van der Waals surface area (Å²) in [6.07, 6.45) is 10.9. The molecule has 5 aliphatic carbocycles. The zero-order valence-electron chi connectivity index (χ0n) is 23.3. The number of piperidine rings is 1. The quantitative estimate of drug-likeness (QED) is 0.371. The highest BCUT2D eigenvalue weighted by molar-refractivity contribution is 7.99. The number of carbonyl (C=O) groups is 2. The number of nitrogens with zero attached hydrogens (tertiary/aromatic N) is 2. The van der Waals surface area contributed by atoms with E-state index in [1.54, 1.807) is 11.8 Å². The predicted molar refractivity (Wildman–Crippen MR) is 149 cm³/mol. The Kier molecular flexibility index (Phi) is 8.28. The third-order valence-electron chi connectivity index (χ3n) is 10.1. The van der Waals surface area contributed by atoms with E-state index in [-0.39, 0.29) is 35.7 Å². The number of thioether (sulfide) groups is 1. The summed E-state index contributed by atoms with van der Waals surface area (Å²) in [5.74, 6) is 1.55. The second-order valence-electron chi connectivity index (χ2n) is 12.8. The van der Waals surface area contributed by atoms with E-state index in [2.05, 4.69) is 10.2 Å². The van der Waals surface area contributed by atoms with Crippen LogP contribution in [0.15, 0.2) is 17.2 Å². The van der Waals surface area contributed by atoms with Crippen molar-refractivity contribution in [1.82, 2.24) is 10.3 Å². The third-order valence-corrected chi connectivity index (χ3v) is 11.4. The number of methoxy groups -OCH3 is 1. The van der Waals surface area contributed by atoms with E-state index < -0.39 is 12.2 Å². The number of ether oxygens (including phenoxy) is 2. The van der Waals surface area contributed by atoms with Crippen molar-refractivity contribution in [2.75, 3.05) is 25.1 Å². The lowest BCUT2D eigenvalue weighted by atomic mass is 9.52. The zero-order chi connectivity index (χ0) is 27.9. The van der Waals surface area contributed by atoms with Gasteiger partial charge >= 0.3 is 12.6 Å². The first-order valence-electron chi connectivity index (χ1n) is 15.1. The SMILES string of the molecule is COC(=O)C[C@@H]1CCCN(c2ccc(C(=O)N[C@H]3C4CC5CC3C[C@@](OC(F)F)(C5)C4)c(SC3CCCC3)n2)C1. The van der Waals surface area contributed by atoms with Crippen LogP contribution < -0.4 is 10.2 Å². The minimum Gasteiger partial charge on any atom is -0.469 e. The van der Waals surface area contributed by atoms with E-state index >= 15 is 0 Å². The highest BCUT2D eigenvalue weighted by Crippen LogP contribution is 2.57. The van der Waals surface area contributed by atoms with E-state index in [1.165, 1.54) is 20.0 Å². The number of anilines is 1. The van der Waals surface area contributed by atoms with Crippen molar-refractivity contribution in [3.63, 3.8) is 0 Å². The number of amides is 1. The molecule has 1 amide bonds. The number of aromatic nitrogens is 1. The fourth-order valence-corrected chi connectivity index (χ4v) is 9.86. The monoisotopic (exact) mass is 577 g/mol. The maximum Gasteiger partial charge on any atom is 0.345 e. The summed E-state index contributed by atoms with van der Waals surface area (Å²) >= 11 is 1.72. The molecule has 1 saturated heterocycles. The molecule has 7 rings (SSSR count). The average molecular weight is 578 g/mol. The van der Waals surface area contributed by atoms with Crippen LogP contribution in [0.25, 0.3) is 0 Å². The van der Waals surface area contributed by atoms with Crippen molar-refractivity contribution in [1.29, 1.82) is 0 Å².